The molecule has 0 bridgehead atoms. The molecule has 0 spiro atoms. The van der Waals surface area contributed by atoms with Crippen LogP contribution in [0.2, 0.25) is 0 Å². The summed E-state index contributed by atoms with van der Waals surface area (Å²) in [6, 6.07) is 7.51. The molecule has 15 heavy (non-hydrogen) atoms. The molecule has 0 aromatic heterocycles. The number of hydrogen-bond acceptors (Lipinski definition) is 2. The van der Waals surface area contributed by atoms with Gasteiger partial charge in [0.1, 0.15) is 0 Å². The van der Waals surface area contributed by atoms with Crippen LogP contribution in [0, 0.1) is 0 Å². The summed E-state index contributed by atoms with van der Waals surface area (Å²) in [5, 5.41) is 0. The molecule has 4 nitrogen and oxygen atoms in total. The van der Waals surface area contributed by atoms with Crippen molar-refractivity contribution in [2.24, 2.45) is 4.99 Å². The SMILES string of the molecule is CN(C)C(=Nc1ccc(N)cc1)N(C)C. The van der Waals surface area contributed by atoms with Crippen molar-refractivity contribution in [1.29, 1.82) is 0 Å². The van der Waals surface area contributed by atoms with Crippen molar-refractivity contribution < 1.29 is 0 Å². The molecule has 82 valence electrons. The van der Waals surface area contributed by atoms with E-state index in [9.17, 15) is 0 Å². The first-order valence-corrected chi connectivity index (χ1v) is 4.79. The van der Waals surface area contributed by atoms with Crippen LogP contribution in [0.25, 0.3) is 0 Å². The maximum atomic E-state index is 5.61. The molecule has 0 fully saturated rings. The summed E-state index contributed by atoms with van der Waals surface area (Å²) in [4.78, 5) is 8.45. The van der Waals surface area contributed by atoms with Crippen molar-refractivity contribution in [3.63, 3.8) is 0 Å². The van der Waals surface area contributed by atoms with E-state index in [1.165, 1.54) is 0 Å². The number of rotatable bonds is 1. The van der Waals surface area contributed by atoms with E-state index in [0.29, 0.717) is 0 Å². The van der Waals surface area contributed by atoms with Gasteiger partial charge in [0.05, 0.1) is 5.69 Å². The molecule has 1 aromatic carbocycles. The molecule has 0 radical (unpaired) electrons. The number of nitrogens with two attached hydrogens (primary N) is 1. The highest BCUT2D eigenvalue weighted by Gasteiger charge is 2.03. The molecule has 0 saturated carbocycles. The third kappa shape index (κ3) is 3.16. The van der Waals surface area contributed by atoms with E-state index < -0.39 is 0 Å². The van der Waals surface area contributed by atoms with Gasteiger partial charge in [-0.2, -0.15) is 0 Å². The molecular formula is C11H18N4. The Bertz CT molecular complexity index is 328. The van der Waals surface area contributed by atoms with Gasteiger partial charge in [0.25, 0.3) is 0 Å². The highest BCUT2D eigenvalue weighted by molar-refractivity contribution is 5.82. The molecule has 0 aliphatic carbocycles. The first kappa shape index (κ1) is 11.4. The van der Waals surface area contributed by atoms with E-state index in [4.69, 9.17) is 5.73 Å². The fraction of sp³-hybridized carbons (Fsp3) is 0.364. The Morgan fingerprint density at radius 2 is 1.47 bits per heavy atom. The molecule has 0 heterocycles. The maximum absolute atomic E-state index is 5.61. The van der Waals surface area contributed by atoms with Gasteiger partial charge in [-0.1, -0.05) is 0 Å². The number of hydrogen-bond donors (Lipinski definition) is 1. The minimum absolute atomic E-state index is 0.755. The van der Waals surface area contributed by atoms with Gasteiger partial charge in [-0.15, -0.1) is 0 Å². The topological polar surface area (TPSA) is 44.9 Å². The number of nitrogens with zero attached hydrogens (tertiary/aromatic N) is 3. The second-order valence-electron chi connectivity index (χ2n) is 3.79. The zero-order valence-electron chi connectivity index (χ0n) is 9.73. The van der Waals surface area contributed by atoms with Crippen LogP contribution >= 0.6 is 0 Å². The van der Waals surface area contributed by atoms with E-state index in [1.54, 1.807) is 0 Å². The van der Waals surface area contributed by atoms with Crippen LogP contribution in [0.3, 0.4) is 0 Å². The predicted molar refractivity (Wildman–Crippen MR) is 65.3 cm³/mol. The summed E-state index contributed by atoms with van der Waals surface area (Å²) in [7, 11) is 7.87. The molecule has 0 aliphatic rings. The largest absolute Gasteiger partial charge is 0.399 e. The van der Waals surface area contributed by atoms with Gasteiger partial charge in [-0.05, 0) is 24.3 Å². The lowest BCUT2D eigenvalue weighted by molar-refractivity contribution is 0.484. The van der Waals surface area contributed by atoms with Crippen LogP contribution in [-0.2, 0) is 0 Å². The fourth-order valence-electron chi connectivity index (χ4n) is 1.26. The van der Waals surface area contributed by atoms with Gasteiger partial charge in [0.15, 0.2) is 0 Å². The number of nitrogen functional groups attached to an aromatic ring is 1. The lowest BCUT2D eigenvalue weighted by Gasteiger charge is -2.22. The summed E-state index contributed by atoms with van der Waals surface area (Å²) in [5.74, 6) is 0.903. The van der Waals surface area contributed by atoms with Crippen molar-refractivity contribution in [1.82, 2.24) is 9.80 Å². The molecule has 1 rings (SSSR count). The third-order valence-corrected chi connectivity index (χ3v) is 1.92. The lowest BCUT2D eigenvalue weighted by atomic mass is 10.3. The van der Waals surface area contributed by atoms with Crippen molar-refractivity contribution in [2.45, 2.75) is 0 Å². The number of anilines is 1. The van der Waals surface area contributed by atoms with Gasteiger partial charge in [0.2, 0.25) is 5.96 Å². The highest BCUT2D eigenvalue weighted by Crippen LogP contribution is 2.14. The third-order valence-electron chi connectivity index (χ3n) is 1.92. The summed E-state index contributed by atoms with van der Waals surface area (Å²) >= 11 is 0. The Balaban J connectivity index is 2.97. The molecule has 0 atom stereocenters. The molecule has 0 aliphatic heterocycles. The van der Waals surface area contributed by atoms with Crippen LogP contribution < -0.4 is 5.73 Å². The van der Waals surface area contributed by atoms with Crippen molar-refractivity contribution in [2.75, 3.05) is 33.9 Å². The van der Waals surface area contributed by atoms with Crippen molar-refractivity contribution in [3.8, 4) is 0 Å². The first-order valence-electron chi connectivity index (χ1n) is 4.79. The second kappa shape index (κ2) is 4.68. The molecule has 4 heteroatoms. The van der Waals surface area contributed by atoms with Gasteiger partial charge in [-0.3, -0.25) is 0 Å². The van der Waals surface area contributed by atoms with Crippen LogP contribution in [0.4, 0.5) is 11.4 Å². The molecule has 0 amide bonds. The van der Waals surface area contributed by atoms with Gasteiger partial charge in [0, 0.05) is 33.9 Å². The van der Waals surface area contributed by atoms with E-state index in [2.05, 4.69) is 4.99 Å². The standard InChI is InChI=1S/C11H18N4/c1-14(2)11(15(3)4)13-10-7-5-9(12)6-8-10/h5-8H,12H2,1-4H3. The van der Waals surface area contributed by atoms with Gasteiger partial charge in [-0.25, -0.2) is 4.99 Å². The van der Waals surface area contributed by atoms with E-state index in [1.807, 2.05) is 62.3 Å². The Labute approximate surface area is 91.0 Å². The normalized spacial score (nSPS) is 9.60. The van der Waals surface area contributed by atoms with E-state index >= 15 is 0 Å². The van der Waals surface area contributed by atoms with Crippen LogP contribution in [0.1, 0.15) is 0 Å². The fourth-order valence-corrected chi connectivity index (χ4v) is 1.26. The molecule has 0 unspecified atom stereocenters. The molecule has 2 N–H and O–H groups in total. The monoisotopic (exact) mass is 206 g/mol. The van der Waals surface area contributed by atoms with Crippen molar-refractivity contribution in [3.05, 3.63) is 24.3 Å². The van der Waals surface area contributed by atoms with Gasteiger partial charge >= 0.3 is 0 Å². The van der Waals surface area contributed by atoms with E-state index in [0.717, 1.165) is 17.3 Å². The smallest absolute Gasteiger partial charge is 0.200 e. The second-order valence-corrected chi connectivity index (χ2v) is 3.79. The molecule has 1 aromatic rings. The quantitative estimate of drug-likeness (QED) is 0.429. The Morgan fingerprint density at radius 3 is 1.87 bits per heavy atom. The summed E-state index contributed by atoms with van der Waals surface area (Å²) in [6.45, 7) is 0. The number of guanidine groups is 1. The van der Waals surface area contributed by atoms with Gasteiger partial charge < -0.3 is 15.5 Å². The highest BCUT2D eigenvalue weighted by atomic mass is 15.3. The zero-order valence-corrected chi connectivity index (χ0v) is 9.73. The van der Waals surface area contributed by atoms with Crippen molar-refractivity contribution >= 4 is 17.3 Å². The first-order chi connectivity index (χ1) is 7.00. The maximum Gasteiger partial charge on any atom is 0.200 e. The Morgan fingerprint density at radius 1 is 1.00 bits per heavy atom. The minimum Gasteiger partial charge on any atom is -0.399 e. The average Bonchev–Trinajstić information content (AvgIpc) is 2.15. The zero-order chi connectivity index (χ0) is 11.4. The number of benzene rings is 1. The van der Waals surface area contributed by atoms with E-state index in [-0.39, 0.29) is 0 Å². The van der Waals surface area contributed by atoms with Crippen LogP contribution in [-0.4, -0.2) is 44.0 Å². The minimum atomic E-state index is 0.755. The molecular weight excluding hydrogens is 188 g/mol. The summed E-state index contributed by atoms with van der Waals surface area (Å²) in [5.41, 5.74) is 7.27. The average molecular weight is 206 g/mol. The van der Waals surface area contributed by atoms with Crippen LogP contribution in [0.15, 0.2) is 29.3 Å². The number of aliphatic imine (C=N–C) groups is 1. The summed E-state index contributed by atoms with van der Waals surface area (Å²) in [6.07, 6.45) is 0. The Hall–Kier alpha value is -1.71. The molecule has 0 saturated heterocycles. The summed E-state index contributed by atoms with van der Waals surface area (Å²) < 4.78 is 0. The van der Waals surface area contributed by atoms with Crippen LogP contribution in [0.5, 0.6) is 0 Å². The predicted octanol–water partition coefficient (Wildman–Crippen LogP) is 1.38. The lowest BCUT2D eigenvalue weighted by Crippen LogP contribution is -2.35. The Kier molecular flexibility index (Phi) is 3.55.